The minimum absolute atomic E-state index is 0.480. The van der Waals surface area contributed by atoms with Crippen molar-refractivity contribution in [3.63, 3.8) is 0 Å². The van der Waals surface area contributed by atoms with Gasteiger partial charge in [0.15, 0.2) is 11.5 Å². The second-order valence-corrected chi connectivity index (χ2v) is 4.55. The van der Waals surface area contributed by atoms with Crippen LogP contribution in [0.4, 0.5) is 5.69 Å². The van der Waals surface area contributed by atoms with Crippen LogP contribution < -0.4 is 20.1 Å². The van der Waals surface area contributed by atoms with Crippen LogP contribution in [0.2, 0.25) is 0 Å². The fraction of sp³-hybridized carbons (Fsp3) is 0.538. The van der Waals surface area contributed by atoms with Crippen LogP contribution in [-0.4, -0.2) is 33.4 Å². The summed E-state index contributed by atoms with van der Waals surface area (Å²) in [5, 5.41) is 0. The highest BCUT2D eigenvalue weighted by molar-refractivity contribution is 5.56. The van der Waals surface area contributed by atoms with E-state index in [2.05, 4.69) is 24.9 Å². The van der Waals surface area contributed by atoms with Crippen molar-refractivity contribution in [3.8, 4) is 11.5 Å². The van der Waals surface area contributed by atoms with Gasteiger partial charge in [0.25, 0.3) is 0 Å². The van der Waals surface area contributed by atoms with Gasteiger partial charge in [-0.15, -0.1) is 0 Å². The van der Waals surface area contributed by atoms with Gasteiger partial charge in [0.1, 0.15) is 13.2 Å². The number of nitrogens with two attached hydrogens (primary N) is 1. The predicted octanol–water partition coefficient (Wildman–Crippen LogP) is 1.49. The Morgan fingerprint density at radius 2 is 2.00 bits per heavy atom. The molecule has 0 fully saturated rings. The van der Waals surface area contributed by atoms with Crippen molar-refractivity contribution in [2.24, 2.45) is 11.7 Å². The highest BCUT2D eigenvalue weighted by Crippen LogP contribution is 2.33. The second kappa shape index (κ2) is 5.27. The molecule has 0 saturated heterocycles. The number of nitrogens with zero attached hydrogens (tertiary/aromatic N) is 1. The molecule has 2 rings (SSSR count). The first kappa shape index (κ1) is 12.0. The summed E-state index contributed by atoms with van der Waals surface area (Å²) in [5.41, 5.74) is 6.77. The monoisotopic (exact) mass is 236 g/mol. The molecule has 0 bridgehead atoms. The van der Waals surface area contributed by atoms with E-state index in [0.717, 1.165) is 23.7 Å². The Kier molecular flexibility index (Phi) is 3.74. The lowest BCUT2D eigenvalue weighted by atomic mass is 10.1. The van der Waals surface area contributed by atoms with Gasteiger partial charge in [-0.25, -0.2) is 0 Å². The zero-order chi connectivity index (χ0) is 12.3. The van der Waals surface area contributed by atoms with E-state index < -0.39 is 0 Å². The third-order valence-corrected chi connectivity index (χ3v) is 2.95. The van der Waals surface area contributed by atoms with Crippen molar-refractivity contribution in [1.82, 2.24) is 0 Å². The fourth-order valence-corrected chi connectivity index (χ4v) is 1.92. The van der Waals surface area contributed by atoms with E-state index >= 15 is 0 Å². The molecule has 1 heterocycles. The van der Waals surface area contributed by atoms with Crippen molar-refractivity contribution in [2.75, 3.05) is 38.3 Å². The van der Waals surface area contributed by atoms with Gasteiger partial charge < -0.3 is 20.1 Å². The van der Waals surface area contributed by atoms with Crippen molar-refractivity contribution in [1.29, 1.82) is 0 Å². The molecule has 1 aromatic carbocycles. The molecule has 1 atom stereocenters. The predicted molar refractivity (Wildman–Crippen MR) is 68.9 cm³/mol. The topological polar surface area (TPSA) is 47.7 Å². The molecule has 1 aliphatic heterocycles. The smallest absolute Gasteiger partial charge is 0.163 e. The molecule has 0 spiro atoms. The molecule has 2 N–H and O–H groups in total. The van der Waals surface area contributed by atoms with E-state index in [-0.39, 0.29) is 0 Å². The Balaban J connectivity index is 2.10. The zero-order valence-electron chi connectivity index (χ0n) is 10.5. The first-order valence-corrected chi connectivity index (χ1v) is 6.01. The number of rotatable bonds is 4. The lowest BCUT2D eigenvalue weighted by Crippen LogP contribution is -2.28. The second-order valence-electron chi connectivity index (χ2n) is 4.55. The number of hydrogen-bond donors (Lipinski definition) is 1. The van der Waals surface area contributed by atoms with E-state index in [0.29, 0.717) is 25.7 Å². The molecular formula is C13H20N2O2. The van der Waals surface area contributed by atoms with Crippen LogP contribution in [0.5, 0.6) is 11.5 Å². The first-order valence-electron chi connectivity index (χ1n) is 6.01. The third kappa shape index (κ3) is 2.82. The lowest BCUT2D eigenvalue weighted by Gasteiger charge is -2.25. The van der Waals surface area contributed by atoms with Gasteiger partial charge in [0.2, 0.25) is 0 Å². The maximum atomic E-state index is 5.64. The summed E-state index contributed by atoms with van der Waals surface area (Å²) in [5.74, 6) is 2.15. The molecule has 0 aromatic heterocycles. The van der Waals surface area contributed by atoms with E-state index in [1.165, 1.54) is 0 Å². The van der Waals surface area contributed by atoms with E-state index in [1.807, 2.05) is 12.1 Å². The third-order valence-electron chi connectivity index (χ3n) is 2.95. The summed E-state index contributed by atoms with van der Waals surface area (Å²) < 4.78 is 11.1. The molecule has 1 aliphatic rings. The number of ether oxygens (including phenoxy) is 2. The van der Waals surface area contributed by atoms with Crippen LogP contribution in [0.15, 0.2) is 18.2 Å². The Labute approximate surface area is 102 Å². The Hall–Kier alpha value is -1.42. The average molecular weight is 236 g/mol. The lowest BCUT2D eigenvalue weighted by molar-refractivity contribution is 0.171. The van der Waals surface area contributed by atoms with Crippen molar-refractivity contribution >= 4 is 5.69 Å². The maximum Gasteiger partial charge on any atom is 0.163 e. The molecule has 0 aliphatic carbocycles. The molecule has 0 saturated carbocycles. The Bertz CT molecular complexity index is 382. The standard InChI is InChI=1S/C13H20N2O2/c1-10(8-14)9-15(2)11-3-4-12-13(7-11)17-6-5-16-12/h3-4,7,10H,5-6,8-9,14H2,1-2H3. The summed E-state index contributed by atoms with van der Waals surface area (Å²) in [6, 6.07) is 6.04. The minimum atomic E-state index is 0.480. The van der Waals surface area contributed by atoms with Crippen LogP contribution in [0.25, 0.3) is 0 Å². The highest BCUT2D eigenvalue weighted by atomic mass is 16.6. The van der Waals surface area contributed by atoms with E-state index in [9.17, 15) is 0 Å². The molecule has 4 nitrogen and oxygen atoms in total. The van der Waals surface area contributed by atoms with Crippen molar-refractivity contribution < 1.29 is 9.47 Å². The van der Waals surface area contributed by atoms with Crippen molar-refractivity contribution in [2.45, 2.75) is 6.92 Å². The molecule has 94 valence electrons. The maximum absolute atomic E-state index is 5.64. The molecule has 0 radical (unpaired) electrons. The molecule has 17 heavy (non-hydrogen) atoms. The molecule has 1 aromatic rings. The number of fused-ring (bicyclic) bond motifs is 1. The number of benzene rings is 1. The van der Waals surface area contributed by atoms with Gasteiger partial charge in [0.05, 0.1) is 0 Å². The van der Waals surface area contributed by atoms with Gasteiger partial charge in [-0.2, -0.15) is 0 Å². The summed E-state index contributed by atoms with van der Waals surface area (Å²) in [6.07, 6.45) is 0. The summed E-state index contributed by atoms with van der Waals surface area (Å²) in [6.45, 7) is 5.05. The Morgan fingerprint density at radius 3 is 2.71 bits per heavy atom. The number of hydrogen-bond acceptors (Lipinski definition) is 4. The van der Waals surface area contributed by atoms with E-state index in [1.54, 1.807) is 0 Å². The van der Waals surface area contributed by atoms with Gasteiger partial charge in [0, 0.05) is 25.3 Å². The van der Waals surface area contributed by atoms with Crippen LogP contribution in [0.3, 0.4) is 0 Å². The minimum Gasteiger partial charge on any atom is -0.486 e. The first-order chi connectivity index (χ1) is 8.20. The van der Waals surface area contributed by atoms with Gasteiger partial charge >= 0.3 is 0 Å². The zero-order valence-corrected chi connectivity index (χ0v) is 10.5. The van der Waals surface area contributed by atoms with Crippen LogP contribution in [-0.2, 0) is 0 Å². The quantitative estimate of drug-likeness (QED) is 0.860. The molecule has 4 heteroatoms. The summed E-state index contributed by atoms with van der Waals surface area (Å²) in [7, 11) is 2.07. The van der Waals surface area contributed by atoms with E-state index in [4.69, 9.17) is 15.2 Å². The van der Waals surface area contributed by atoms with Gasteiger partial charge in [-0.3, -0.25) is 0 Å². The SMILES string of the molecule is CC(CN)CN(C)c1ccc2c(c1)OCCO2. The normalized spacial score (nSPS) is 15.5. The largest absolute Gasteiger partial charge is 0.486 e. The van der Waals surface area contributed by atoms with Crippen LogP contribution in [0, 0.1) is 5.92 Å². The number of anilines is 1. The summed E-state index contributed by atoms with van der Waals surface area (Å²) >= 11 is 0. The molecular weight excluding hydrogens is 216 g/mol. The summed E-state index contributed by atoms with van der Waals surface area (Å²) in [4.78, 5) is 2.19. The Morgan fingerprint density at radius 1 is 1.29 bits per heavy atom. The average Bonchev–Trinajstić information content (AvgIpc) is 2.38. The van der Waals surface area contributed by atoms with Gasteiger partial charge in [-0.05, 0) is 24.6 Å². The van der Waals surface area contributed by atoms with Crippen molar-refractivity contribution in [3.05, 3.63) is 18.2 Å². The molecule has 0 amide bonds. The fourth-order valence-electron chi connectivity index (χ4n) is 1.92. The van der Waals surface area contributed by atoms with Crippen LogP contribution >= 0.6 is 0 Å². The molecule has 1 unspecified atom stereocenters. The highest BCUT2D eigenvalue weighted by Gasteiger charge is 2.13. The van der Waals surface area contributed by atoms with Crippen LogP contribution in [0.1, 0.15) is 6.92 Å². The van der Waals surface area contributed by atoms with Gasteiger partial charge in [-0.1, -0.05) is 6.92 Å².